The van der Waals surface area contributed by atoms with E-state index in [0.717, 1.165) is 24.5 Å². The first-order valence-corrected chi connectivity index (χ1v) is 5.01. The van der Waals surface area contributed by atoms with E-state index >= 15 is 0 Å². The van der Waals surface area contributed by atoms with Crippen molar-refractivity contribution < 1.29 is 4.42 Å². The van der Waals surface area contributed by atoms with Gasteiger partial charge in [-0.05, 0) is 18.2 Å². The molecule has 2 heterocycles. The van der Waals surface area contributed by atoms with Crippen LogP contribution in [0.3, 0.4) is 0 Å². The Kier molecular flexibility index (Phi) is 3.02. The largest absolute Gasteiger partial charge is 0.449 e. The van der Waals surface area contributed by atoms with Crippen LogP contribution < -0.4 is 4.90 Å². The number of anilines is 1. The van der Waals surface area contributed by atoms with Gasteiger partial charge in [0, 0.05) is 38.0 Å². The summed E-state index contributed by atoms with van der Waals surface area (Å²) >= 11 is 0. The highest BCUT2D eigenvalue weighted by Gasteiger charge is 2.03. The molecule has 0 fully saturated rings. The molecule has 78 valence electrons. The highest BCUT2D eigenvalue weighted by atomic mass is 16.3. The summed E-state index contributed by atoms with van der Waals surface area (Å²) in [4.78, 5) is 6.35. The van der Waals surface area contributed by atoms with Crippen LogP contribution in [0.25, 0.3) is 0 Å². The number of nitrogens with zero attached hydrogens (tertiary/aromatic N) is 2. The van der Waals surface area contributed by atoms with E-state index in [2.05, 4.69) is 9.88 Å². The van der Waals surface area contributed by atoms with Gasteiger partial charge in [0.25, 0.3) is 0 Å². The van der Waals surface area contributed by atoms with Gasteiger partial charge in [-0.25, -0.2) is 0 Å². The first kappa shape index (κ1) is 9.77. The summed E-state index contributed by atoms with van der Waals surface area (Å²) in [6, 6.07) is 9.83. The highest BCUT2D eigenvalue weighted by Crippen LogP contribution is 2.12. The Bertz CT molecular complexity index is 383. The molecule has 3 heteroatoms. The minimum Gasteiger partial charge on any atom is -0.449 e. The van der Waals surface area contributed by atoms with E-state index in [-0.39, 0.29) is 0 Å². The summed E-state index contributed by atoms with van der Waals surface area (Å²) in [5.41, 5.74) is 1.11. The van der Waals surface area contributed by atoms with Crippen molar-refractivity contribution in [3.8, 4) is 0 Å². The van der Waals surface area contributed by atoms with Crippen LogP contribution in [0.15, 0.2) is 47.2 Å². The molecular formula is C12H14N2O. The van der Waals surface area contributed by atoms with Crippen LogP contribution in [0.2, 0.25) is 0 Å². The van der Waals surface area contributed by atoms with Crippen LogP contribution in [0.4, 0.5) is 5.88 Å². The summed E-state index contributed by atoms with van der Waals surface area (Å²) in [6.45, 7) is 0.907. The molecule has 0 aliphatic carbocycles. The molecule has 0 atom stereocenters. The molecule has 0 saturated carbocycles. The van der Waals surface area contributed by atoms with Crippen molar-refractivity contribution in [1.29, 1.82) is 0 Å². The van der Waals surface area contributed by atoms with Crippen molar-refractivity contribution in [2.75, 3.05) is 18.5 Å². The normalized spacial score (nSPS) is 10.2. The monoisotopic (exact) mass is 202 g/mol. The van der Waals surface area contributed by atoms with Crippen molar-refractivity contribution in [1.82, 2.24) is 4.98 Å². The molecule has 3 nitrogen and oxygen atoms in total. The van der Waals surface area contributed by atoms with Gasteiger partial charge in [-0.3, -0.25) is 4.98 Å². The van der Waals surface area contributed by atoms with Gasteiger partial charge >= 0.3 is 0 Å². The Morgan fingerprint density at radius 2 is 2.20 bits per heavy atom. The third-order valence-corrected chi connectivity index (χ3v) is 2.31. The number of furan rings is 1. The second kappa shape index (κ2) is 4.64. The van der Waals surface area contributed by atoms with Crippen LogP contribution in [-0.2, 0) is 6.42 Å². The Morgan fingerprint density at radius 1 is 1.27 bits per heavy atom. The lowest BCUT2D eigenvalue weighted by Gasteiger charge is -2.14. The fraction of sp³-hybridized carbons (Fsp3) is 0.250. The topological polar surface area (TPSA) is 29.3 Å². The van der Waals surface area contributed by atoms with Gasteiger partial charge in [0.15, 0.2) is 5.88 Å². The standard InChI is InChI=1S/C12H14N2O/c1-14(12-6-4-10-15-12)9-7-11-5-2-3-8-13-11/h2-6,8,10H,7,9H2,1H3. The van der Waals surface area contributed by atoms with Gasteiger partial charge in [0.1, 0.15) is 0 Å². The number of pyridine rings is 1. The third-order valence-electron chi connectivity index (χ3n) is 2.31. The maximum absolute atomic E-state index is 5.29. The summed E-state index contributed by atoms with van der Waals surface area (Å²) in [5.74, 6) is 0.894. The SMILES string of the molecule is CN(CCc1ccccn1)c1ccco1. The first-order chi connectivity index (χ1) is 7.36. The maximum atomic E-state index is 5.29. The zero-order valence-corrected chi connectivity index (χ0v) is 8.76. The molecule has 0 aromatic carbocycles. The fourth-order valence-corrected chi connectivity index (χ4v) is 1.43. The molecule has 0 saturated heterocycles. The molecule has 0 unspecified atom stereocenters. The number of hydrogen-bond acceptors (Lipinski definition) is 3. The molecule has 0 bridgehead atoms. The number of rotatable bonds is 4. The lowest BCUT2D eigenvalue weighted by molar-refractivity contribution is 0.554. The van der Waals surface area contributed by atoms with Crippen LogP contribution >= 0.6 is 0 Å². The van der Waals surface area contributed by atoms with Gasteiger partial charge in [0.2, 0.25) is 0 Å². The summed E-state index contributed by atoms with van der Waals surface area (Å²) in [7, 11) is 2.02. The molecule has 0 radical (unpaired) electrons. The van der Waals surface area contributed by atoms with Crippen LogP contribution in [0.5, 0.6) is 0 Å². The average Bonchev–Trinajstić information content (AvgIpc) is 2.81. The fourth-order valence-electron chi connectivity index (χ4n) is 1.43. The smallest absolute Gasteiger partial charge is 0.194 e. The minimum absolute atomic E-state index is 0.894. The van der Waals surface area contributed by atoms with Gasteiger partial charge in [0.05, 0.1) is 6.26 Å². The van der Waals surface area contributed by atoms with Crippen LogP contribution in [-0.4, -0.2) is 18.6 Å². The minimum atomic E-state index is 0.894. The third kappa shape index (κ3) is 2.59. The molecule has 0 N–H and O–H groups in total. The summed E-state index contributed by atoms with van der Waals surface area (Å²) in [5, 5.41) is 0. The predicted molar refractivity (Wildman–Crippen MR) is 59.9 cm³/mol. The molecule has 2 aromatic heterocycles. The summed E-state index contributed by atoms with van der Waals surface area (Å²) in [6.07, 6.45) is 4.44. The Balaban J connectivity index is 1.89. The Hall–Kier alpha value is -1.77. The molecule has 2 aromatic rings. The van der Waals surface area contributed by atoms with E-state index in [1.165, 1.54) is 0 Å². The zero-order chi connectivity index (χ0) is 10.5. The summed E-state index contributed by atoms with van der Waals surface area (Å²) < 4.78 is 5.29. The van der Waals surface area contributed by atoms with Crippen LogP contribution in [0.1, 0.15) is 5.69 Å². The molecular weight excluding hydrogens is 188 g/mol. The van der Waals surface area contributed by atoms with E-state index in [1.807, 2.05) is 43.6 Å². The van der Waals surface area contributed by atoms with Crippen molar-refractivity contribution in [2.45, 2.75) is 6.42 Å². The predicted octanol–water partition coefficient (Wildman–Crippen LogP) is 2.35. The number of likely N-dealkylation sites (N-methyl/N-ethyl adjacent to an activating group) is 1. The number of aromatic nitrogens is 1. The molecule has 0 amide bonds. The van der Waals surface area contributed by atoms with Crippen molar-refractivity contribution in [3.63, 3.8) is 0 Å². The van der Waals surface area contributed by atoms with E-state index in [0.29, 0.717) is 0 Å². The quantitative estimate of drug-likeness (QED) is 0.762. The molecule has 0 aliphatic rings. The highest BCUT2D eigenvalue weighted by molar-refractivity contribution is 5.33. The van der Waals surface area contributed by atoms with Gasteiger partial charge in [-0.1, -0.05) is 6.07 Å². The molecule has 2 rings (SSSR count). The van der Waals surface area contributed by atoms with E-state index in [4.69, 9.17) is 4.42 Å². The van der Waals surface area contributed by atoms with Gasteiger partial charge in [-0.15, -0.1) is 0 Å². The maximum Gasteiger partial charge on any atom is 0.194 e. The van der Waals surface area contributed by atoms with Gasteiger partial charge in [-0.2, -0.15) is 0 Å². The second-order valence-electron chi connectivity index (χ2n) is 3.44. The van der Waals surface area contributed by atoms with E-state index < -0.39 is 0 Å². The van der Waals surface area contributed by atoms with Crippen molar-refractivity contribution >= 4 is 5.88 Å². The van der Waals surface area contributed by atoms with Crippen molar-refractivity contribution in [3.05, 3.63) is 48.5 Å². The van der Waals surface area contributed by atoms with Crippen LogP contribution in [0, 0.1) is 0 Å². The van der Waals surface area contributed by atoms with E-state index in [9.17, 15) is 0 Å². The number of hydrogen-bond donors (Lipinski definition) is 0. The molecule has 15 heavy (non-hydrogen) atoms. The zero-order valence-electron chi connectivity index (χ0n) is 8.76. The molecule has 0 aliphatic heterocycles. The Labute approximate surface area is 89.4 Å². The van der Waals surface area contributed by atoms with E-state index in [1.54, 1.807) is 6.26 Å². The second-order valence-corrected chi connectivity index (χ2v) is 3.44. The van der Waals surface area contributed by atoms with Gasteiger partial charge < -0.3 is 9.32 Å². The molecule has 0 spiro atoms. The average molecular weight is 202 g/mol. The Morgan fingerprint density at radius 3 is 2.87 bits per heavy atom. The first-order valence-electron chi connectivity index (χ1n) is 5.01. The lowest BCUT2D eigenvalue weighted by Crippen LogP contribution is -2.19. The van der Waals surface area contributed by atoms with Crippen molar-refractivity contribution in [2.24, 2.45) is 0 Å². The lowest BCUT2D eigenvalue weighted by atomic mass is 10.2.